The van der Waals surface area contributed by atoms with Gasteiger partial charge >= 0.3 is 5.97 Å². The lowest BCUT2D eigenvalue weighted by Gasteiger charge is -2.17. The summed E-state index contributed by atoms with van der Waals surface area (Å²) in [4.78, 5) is 22.0. The van der Waals surface area contributed by atoms with Crippen LogP contribution in [-0.4, -0.2) is 34.1 Å². The van der Waals surface area contributed by atoms with Crippen molar-refractivity contribution >= 4 is 11.9 Å². The molecule has 0 aliphatic carbocycles. The fourth-order valence-electron chi connectivity index (χ4n) is 3.00. The van der Waals surface area contributed by atoms with E-state index in [2.05, 4.69) is 9.97 Å². The molecule has 5 nitrogen and oxygen atoms in total. The molecule has 1 saturated heterocycles. The second-order valence-corrected chi connectivity index (χ2v) is 6.06. The average molecular weight is 333 g/mol. The molecule has 1 fully saturated rings. The number of carboxylic acids is 1. The zero-order valence-corrected chi connectivity index (χ0v) is 13.3. The molecule has 24 heavy (non-hydrogen) atoms. The summed E-state index contributed by atoms with van der Waals surface area (Å²) < 4.78 is 27.2. The number of carboxylic acid groups (broad SMARTS) is 1. The van der Waals surface area contributed by atoms with E-state index in [1.807, 2.05) is 13.8 Å². The number of anilines is 1. The van der Waals surface area contributed by atoms with Gasteiger partial charge in [0.15, 0.2) is 0 Å². The summed E-state index contributed by atoms with van der Waals surface area (Å²) in [7, 11) is 0. The van der Waals surface area contributed by atoms with Crippen molar-refractivity contribution in [1.29, 1.82) is 0 Å². The largest absolute Gasteiger partial charge is 0.481 e. The second-order valence-electron chi connectivity index (χ2n) is 6.06. The second kappa shape index (κ2) is 6.14. The molecule has 7 heteroatoms. The van der Waals surface area contributed by atoms with Crippen molar-refractivity contribution in [3.8, 4) is 0 Å². The molecule has 1 aromatic heterocycles. The Kier molecular flexibility index (Phi) is 4.17. The van der Waals surface area contributed by atoms with Crippen LogP contribution in [-0.2, 0) is 4.79 Å². The Bertz CT molecular complexity index is 797. The Labute approximate surface area is 138 Å². The standard InChI is InChI=1S/C17H17F2N3O2/c1-9-6-20-17(21-10(9)2)22-7-13(14(8-22)16(23)24)12-4-3-11(18)5-15(12)19/h3-6,13-14H,7-8H2,1-2H3,(H,23,24)/t13-,14+/m1/s1. The van der Waals surface area contributed by atoms with Gasteiger partial charge in [-0.15, -0.1) is 0 Å². The van der Waals surface area contributed by atoms with E-state index in [4.69, 9.17) is 0 Å². The van der Waals surface area contributed by atoms with Crippen molar-refractivity contribution in [2.75, 3.05) is 18.0 Å². The third-order valence-corrected chi connectivity index (χ3v) is 4.49. The predicted molar refractivity (Wildman–Crippen MR) is 83.9 cm³/mol. The maximum absolute atomic E-state index is 14.1. The van der Waals surface area contributed by atoms with E-state index >= 15 is 0 Å². The molecule has 1 aromatic carbocycles. The lowest BCUT2D eigenvalue weighted by molar-refractivity contribution is -0.141. The molecule has 3 rings (SSSR count). The molecule has 2 aromatic rings. The van der Waals surface area contributed by atoms with Crippen LogP contribution in [0.2, 0.25) is 0 Å². The van der Waals surface area contributed by atoms with Crippen LogP contribution in [0.4, 0.5) is 14.7 Å². The first kappa shape index (κ1) is 16.3. The van der Waals surface area contributed by atoms with Crippen molar-refractivity contribution < 1.29 is 18.7 Å². The van der Waals surface area contributed by atoms with Gasteiger partial charge < -0.3 is 10.0 Å². The molecule has 0 radical (unpaired) electrons. The SMILES string of the molecule is Cc1cnc(N2C[C@H](C(=O)O)[C@@H](c3ccc(F)cc3F)C2)nc1C. The van der Waals surface area contributed by atoms with E-state index < -0.39 is 29.4 Å². The first-order chi connectivity index (χ1) is 11.4. The summed E-state index contributed by atoms with van der Waals surface area (Å²) in [5, 5.41) is 9.49. The highest BCUT2D eigenvalue weighted by molar-refractivity contribution is 5.73. The van der Waals surface area contributed by atoms with Crippen molar-refractivity contribution in [2.45, 2.75) is 19.8 Å². The smallest absolute Gasteiger partial charge is 0.308 e. The van der Waals surface area contributed by atoms with E-state index in [0.29, 0.717) is 5.95 Å². The number of nitrogens with zero attached hydrogens (tertiary/aromatic N) is 3. The highest BCUT2D eigenvalue weighted by Gasteiger charge is 2.40. The molecule has 0 saturated carbocycles. The van der Waals surface area contributed by atoms with Crippen LogP contribution in [0.5, 0.6) is 0 Å². The van der Waals surface area contributed by atoms with E-state index in [1.165, 1.54) is 6.07 Å². The summed E-state index contributed by atoms with van der Waals surface area (Å²) in [5.74, 6) is -3.41. The minimum Gasteiger partial charge on any atom is -0.481 e. The summed E-state index contributed by atoms with van der Waals surface area (Å²) in [6.07, 6.45) is 1.68. The molecule has 0 amide bonds. The minimum atomic E-state index is -1.02. The van der Waals surface area contributed by atoms with Gasteiger partial charge in [-0.25, -0.2) is 18.7 Å². The van der Waals surface area contributed by atoms with Crippen LogP contribution in [0.1, 0.15) is 22.7 Å². The van der Waals surface area contributed by atoms with E-state index in [-0.39, 0.29) is 18.7 Å². The van der Waals surface area contributed by atoms with Gasteiger partial charge in [-0.1, -0.05) is 6.07 Å². The van der Waals surface area contributed by atoms with Gasteiger partial charge in [0.25, 0.3) is 0 Å². The number of hydrogen-bond donors (Lipinski definition) is 1. The van der Waals surface area contributed by atoms with Crippen LogP contribution in [0, 0.1) is 31.4 Å². The topological polar surface area (TPSA) is 66.3 Å². The van der Waals surface area contributed by atoms with Gasteiger partial charge in [-0.3, -0.25) is 4.79 Å². The number of benzene rings is 1. The van der Waals surface area contributed by atoms with Crippen molar-refractivity contribution in [2.24, 2.45) is 5.92 Å². The zero-order chi connectivity index (χ0) is 17.4. The number of carbonyl (C=O) groups is 1. The number of rotatable bonds is 3. The fraction of sp³-hybridized carbons (Fsp3) is 0.353. The molecule has 0 spiro atoms. The normalized spacial score (nSPS) is 20.4. The van der Waals surface area contributed by atoms with Gasteiger partial charge in [0.05, 0.1) is 5.92 Å². The quantitative estimate of drug-likeness (QED) is 0.935. The first-order valence-electron chi connectivity index (χ1n) is 7.59. The number of aryl methyl sites for hydroxylation is 2. The highest BCUT2D eigenvalue weighted by atomic mass is 19.1. The third kappa shape index (κ3) is 2.93. The molecular weight excluding hydrogens is 316 g/mol. The maximum atomic E-state index is 14.1. The van der Waals surface area contributed by atoms with Crippen LogP contribution >= 0.6 is 0 Å². The molecule has 1 aliphatic rings. The fourth-order valence-corrected chi connectivity index (χ4v) is 3.00. The first-order valence-corrected chi connectivity index (χ1v) is 7.59. The number of hydrogen-bond acceptors (Lipinski definition) is 4. The van der Waals surface area contributed by atoms with Crippen LogP contribution in [0.3, 0.4) is 0 Å². The minimum absolute atomic E-state index is 0.180. The van der Waals surface area contributed by atoms with Crippen LogP contribution in [0.25, 0.3) is 0 Å². The van der Waals surface area contributed by atoms with E-state index in [9.17, 15) is 18.7 Å². The van der Waals surface area contributed by atoms with Gasteiger partial charge in [0.2, 0.25) is 5.95 Å². The van der Waals surface area contributed by atoms with Crippen molar-refractivity contribution in [1.82, 2.24) is 9.97 Å². The number of aliphatic carboxylic acids is 1. The maximum Gasteiger partial charge on any atom is 0.308 e. The summed E-state index contributed by atoms with van der Waals surface area (Å²) in [6.45, 7) is 4.18. The van der Waals surface area contributed by atoms with Crippen LogP contribution in [0.15, 0.2) is 24.4 Å². The lowest BCUT2D eigenvalue weighted by Crippen LogP contribution is -2.24. The van der Waals surface area contributed by atoms with Gasteiger partial charge in [-0.2, -0.15) is 0 Å². The molecule has 0 unspecified atom stereocenters. The lowest BCUT2D eigenvalue weighted by atomic mass is 9.88. The summed E-state index contributed by atoms with van der Waals surface area (Å²) >= 11 is 0. The molecule has 2 atom stereocenters. The van der Waals surface area contributed by atoms with Gasteiger partial charge in [0, 0.05) is 37.0 Å². The average Bonchev–Trinajstić information content (AvgIpc) is 2.95. The number of halogens is 2. The monoisotopic (exact) mass is 333 g/mol. The highest BCUT2D eigenvalue weighted by Crippen LogP contribution is 2.36. The predicted octanol–water partition coefficient (Wildman–Crippen LogP) is 2.68. The zero-order valence-electron chi connectivity index (χ0n) is 13.3. The van der Waals surface area contributed by atoms with Crippen LogP contribution < -0.4 is 4.90 Å². The Morgan fingerprint density at radius 1 is 1.29 bits per heavy atom. The molecular formula is C17H17F2N3O2. The summed E-state index contributed by atoms with van der Waals surface area (Å²) in [6, 6.07) is 3.24. The third-order valence-electron chi connectivity index (χ3n) is 4.49. The van der Waals surface area contributed by atoms with Gasteiger partial charge in [0.1, 0.15) is 11.6 Å². The Hall–Kier alpha value is -2.57. The molecule has 0 bridgehead atoms. The Balaban J connectivity index is 1.94. The van der Waals surface area contributed by atoms with Crippen molar-refractivity contribution in [3.05, 3.63) is 52.9 Å². The summed E-state index contributed by atoms with van der Waals surface area (Å²) in [5.41, 5.74) is 1.95. The number of aromatic nitrogens is 2. The van der Waals surface area contributed by atoms with E-state index in [0.717, 1.165) is 23.4 Å². The Morgan fingerprint density at radius 3 is 2.67 bits per heavy atom. The van der Waals surface area contributed by atoms with Crippen molar-refractivity contribution in [3.63, 3.8) is 0 Å². The molecule has 2 heterocycles. The van der Waals surface area contributed by atoms with Gasteiger partial charge in [-0.05, 0) is 31.0 Å². The molecule has 1 N–H and O–H groups in total. The van der Waals surface area contributed by atoms with E-state index in [1.54, 1.807) is 11.1 Å². The molecule has 1 aliphatic heterocycles. The molecule has 126 valence electrons. The Morgan fingerprint density at radius 2 is 2.04 bits per heavy atom.